The number of halogens is 3. The highest BCUT2D eigenvalue weighted by Gasteiger charge is 2.51. The van der Waals surface area contributed by atoms with E-state index in [1.807, 2.05) is 79.7 Å². The molecule has 5 atom stereocenters. The molecule has 0 aliphatic carbocycles. The molecule has 258 valence electrons. The van der Waals surface area contributed by atoms with Crippen molar-refractivity contribution >= 4 is 28.3 Å². The van der Waals surface area contributed by atoms with Crippen LogP contribution in [0, 0.1) is 5.92 Å². The number of nitrogens with zero attached hydrogens (tertiary/aromatic N) is 1. The molecule has 5 aromatic rings. The number of hydrogen-bond donors (Lipinski definition) is 0. The Balaban J connectivity index is 1.33. The summed E-state index contributed by atoms with van der Waals surface area (Å²) in [7, 11) is 0. The van der Waals surface area contributed by atoms with Crippen LogP contribution in [0.4, 0.5) is 18.9 Å². The van der Waals surface area contributed by atoms with Crippen molar-refractivity contribution in [2.75, 3.05) is 6.61 Å². The van der Waals surface area contributed by atoms with Gasteiger partial charge in [0.15, 0.2) is 6.10 Å². The van der Waals surface area contributed by atoms with Gasteiger partial charge in [0, 0.05) is 5.92 Å². The maximum atomic E-state index is 14.5. The van der Waals surface area contributed by atoms with Gasteiger partial charge >= 0.3 is 12.1 Å². The molecule has 0 saturated carbocycles. The minimum Gasteiger partial charge on any atom is -0.449 e. The van der Waals surface area contributed by atoms with Gasteiger partial charge in [-0.25, -0.2) is 9.79 Å². The highest BCUT2D eigenvalue weighted by atomic mass is 19.4. The van der Waals surface area contributed by atoms with E-state index in [0.717, 1.165) is 21.9 Å². The molecule has 0 bridgehead atoms. The zero-order valence-electron chi connectivity index (χ0n) is 27.2. The number of alkyl halides is 3. The Hall–Kier alpha value is -5.03. The molecule has 1 saturated heterocycles. The van der Waals surface area contributed by atoms with E-state index in [1.54, 1.807) is 48.5 Å². The van der Waals surface area contributed by atoms with Gasteiger partial charge < -0.3 is 23.7 Å². The van der Waals surface area contributed by atoms with Gasteiger partial charge in [0.2, 0.25) is 6.29 Å². The number of carbonyl (C=O) groups excluding carboxylic acids is 1. The lowest BCUT2D eigenvalue weighted by Gasteiger charge is -2.44. The highest BCUT2D eigenvalue weighted by molar-refractivity contribution is 5.89. The van der Waals surface area contributed by atoms with Gasteiger partial charge in [-0.2, -0.15) is 13.2 Å². The summed E-state index contributed by atoms with van der Waals surface area (Å²) >= 11 is 0. The van der Waals surface area contributed by atoms with E-state index in [4.69, 9.17) is 23.7 Å². The number of benzene rings is 5. The molecule has 0 amide bonds. The summed E-state index contributed by atoms with van der Waals surface area (Å²) in [5.74, 6) is -2.84. The number of para-hydroxylation sites is 1. The summed E-state index contributed by atoms with van der Waals surface area (Å²) in [4.78, 5) is 17.2. The number of ether oxygens (including phenoxy) is 5. The molecule has 0 N–H and O–H groups in total. The zero-order valence-corrected chi connectivity index (χ0v) is 27.2. The predicted molar refractivity (Wildman–Crippen MR) is 183 cm³/mol. The summed E-state index contributed by atoms with van der Waals surface area (Å²) in [6, 6.07) is 39.0. The third kappa shape index (κ3) is 8.95. The minimum absolute atomic E-state index is 0.00227. The SMILES string of the molecule is C[C@H]1C(COCc2ccccc2)OC(OC(=Nc2ccccc2)C(F)(F)F)C(OC(=O)c2ccccc2)[C@H]1OCc1ccc2ccccc2c1. The molecule has 10 heteroatoms. The average Bonchev–Trinajstić information content (AvgIpc) is 3.13. The lowest BCUT2D eigenvalue weighted by Crippen LogP contribution is -2.59. The first-order valence-electron chi connectivity index (χ1n) is 16.2. The molecule has 50 heavy (non-hydrogen) atoms. The third-order valence-electron chi connectivity index (χ3n) is 8.37. The van der Waals surface area contributed by atoms with Crippen molar-refractivity contribution in [2.24, 2.45) is 10.9 Å². The van der Waals surface area contributed by atoms with Crippen molar-refractivity contribution in [3.63, 3.8) is 0 Å². The second-order valence-electron chi connectivity index (χ2n) is 12.0. The first kappa shape index (κ1) is 34.8. The minimum atomic E-state index is -5.00. The maximum Gasteiger partial charge on any atom is 0.468 e. The quantitative estimate of drug-likeness (QED) is 0.0787. The molecule has 5 aromatic carbocycles. The molecule has 1 heterocycles. The summed E-state index contributed by atoms with van der Waals surface area (Å²) in [6.07, 6.45) is -9.95. The van der Waals surface area contributed by atoms with Crippen molar-refractivity contribution in [2.45, 2.75) is 50.9 Å². The summed E-state index contributed by atoms with van der Waals surface area (Å²) in [6.45, 7) is 2.15. The summed E-state index contributed by atoms with van der Waals surface area (Å²) in [5, 5.41) is 2.05. The Morgan fingerprint density at radius 2 is 1.36 bits per heavy atom. The fourth-order valence-corrected chi connectivity index (χ4v) is 5.73. The van der Waals surface area contributed by atoms with E-state index in [2.05, 4.69) is 4.99 Å². The molecule has 1 aliphatic heterocycles. The first-order valence-corrected chi connectivity index (χ1v) is 16.2. The predicted octanol–water partition coefficient (Wildman–Crippen LogP) is 8.84. The van der Waals surface area contributed by atoms with Crippen LogP contribution in [0.5, 0.6) is 0 Å². The second-order valence-corrected chi connectivity index (χ2v) is 12.0. The fourth-order valence-electron chi connectivity index (χ4n) is 5.73. The monoisotopic (exact) mass is 683 g/mol. The standard InChI is InChI=1S/C40H36F3NO6/c1-27-34(26-46-24-28-13-5-2-6-14-28)48-38(50-39(40(41,42)43)44-33-19-9-4-10-20-33)36(49-37(45)31-16-7-3-8-17-31)35(27)47-25-29-21-22-30-15-11-12-18-32(30)23-29/h2-23,27,34-36,38H,24-26H2,1H3/t27-,34?,35-,36?,38?/m0/s1. The Bertz CT molecular complexity index is 1870. The molecule has 1 fully saturated rings. The Labute approximate surface area is 288 Å². The van der Waals surface area contributed by atoms with E-state index in [9.17, 15) is 18.0 Å². The number of rotatable bonds is 11. The highest BCUT2D eigenvalue weighted by Crippen LogP contribution is 2.35. The molecule has 0 radical (unpaired) electrons. The van der Waals surface area contributed by atoms with Gasteiger partial charge in [-0.3, -0.25) is 0 Å². The van der Waals surface area contributed by atoms with Crippen LogP contribution >= 0.6 is 0 Å². The fraction of sp³-hybridized carbons (Fsp3) is 0.250. The lowest BCUT2D eigenvalue weighted by molar-refractivity contribution is -0.281. The molecular formula is C40H36F3NO6. The lowest BCUT2D eigenvalue weighted by atomic mass is 9.90. The van der Waals surface area contributed by atoms with Crippen LogP contribution in [0.25, 0.3) is 10.8 Å². The number of aliphatic imine (C=N–C) groups is 1. The maximum absolute atomic E-state index is 14.5. The number of hydrogen-bond acceptors (Lipinski definition) is 7. The van der Waals surface area contributed by atoms with Crippen molar-refractivity contribution in [3.8, 4) is 0 Å². The zero-order chi connectivity index (χ0) is 34.9. The van der Waals surface area contributed by atoms with Crippen LogP contribution in [-0.2, 0) is 36.9 Å². The van der Waals surface area contributed by atoms with Crippen molar-refractivity contribution < 1.29 is 41.7 Å². The van der Waals surface area contributed by atoms with Gasteiger partial charge in [-0.15, -0.1) is 0 Å². The molecule has 0 spiro atoms. The Morgan fingerprint density at radius 3 is 2.06 bits per heavy atom. The number of carbonyl (C=O) groups is 1. The molecule has 3 unspecified atom stereocenters. The van der Waals surface area contributed by atoms with Gasteiger partial charge in [0.05, 0.1) is 37.2 Å². The average molecular weight is 684 g/mol. The van der Waals surface area contributed by atoms with Crippen molar-refractivity contribution in [1.82, 2.24) is 0 Å². The van der Waals surface area contributed by atoms with Crippen molar-refractivity contribution in [3.05, 3.63) is 150 Å². The van der Waals surface area contributed by atoms with Gasteiger partial charge in [-0.1, -0.05) is 110 Å². The van der Waals surface area contributed by atoms with Crippen LogP contribution in [0.3, 0.4) is 0 Å². The topological polar surface area (TPSA) is 75.6 Å². The molecule has 1 aliphatic rings. The van der Waals surface area contributed by atoms with Gasteiger partial charge in [-0.05, 0) is 52.2 Å². The van der Waals surface area contributed by atoms with Crippen LogP contribution in [0.2, 0.25) is 0 Å². The molecule has 0 aromatic heterocycles. The normalized spacial score (nSPS) is 21.1. The van der Waals surface area contributed by atoms with E-state index in [1.165, 1.54) is 12.1 Å². The Kier molecular flexibility index (Phi) is 11.2. The third-order valence-corrected chi connectivity index (χ3v) is 8.37. The van der Waals surface area contributed by atoms with Crippen LogP contribution < -0.4 is 0 Å². The first-order chi connectivity index (χ1) is 24.2. The van der Waals surface area contributed by atoms with E-state index in [0.29, 0.717) is 0 Å². The van der Waals surface area contributed by atoms with E-state index in [-0.39, 0.29) is 31.1 Å². The van der Waals surface area contributed by atoms with Crippen LogP contribution in [0.15, 0.2) is 138 Å². The smallest absolute Gasteiger partial charge is 0.449 e. The molecule has 6 rings (SSSR count). The van der Waals surface area contributed by atoms with E-state index >= 15 is 0 Å². The van der Waals surface area contributed by atoms with E-state index < -0.39 is 48.6 Å². The van der Waals surface area contributed by atoms with Gasteiger partial charge in [0.1, 0.15) is 6.10 Å². The van der Waals surface area contributed by atoms with Crippen LogP contribution in [-0.4, -0.2) is 49.3 Å². The largest absolute Gasteiger partial charge is 0.468 e. The number of esters is 1. The Morgan fingerprint density at radius 1 is 0.720 bits per heavy atom. The molecule has 7 nitrogen and oxygen atoms in total. The summed E-state index contributed by atoms with van der Waals surface area (Å²) < 4.78 is 73.7. The van der Waals surface area contributed by atoms with Crippen molar-refractivity contribution in [1.29, 1.82) is 0 Å². The molecular weight excluding hydrogens is 647 g/mol. The van der Waals surface area contributed by atoms with Crippen LogP contribution in [0.1, 0.15) is 28.4 Å². The van der Waals surface area contributed by atoms with Gasteiger partial charge in [0.25, 0.3) is 5.90 Å². The number of fused-ring (bicyclic) bond motifs is 1. The summed E-state index contributed by atoms with van der Waals surface area (Å²) in [5.41, 5.74) is 1.96. The second kappa shape index (κ2) is 16.1.